The molecule has 1 aliphatic rings. The second-order valence-corrected chi connectivity index (χ2v) is 5.77. The monoisotopic (exact) mass is 280 g/mol. The number of carbonyl (C=O) groups excluding carboxylic acids is 1. The molecule has 104 valence electrons. The molecule has 0 aliphatic carbocycles. The highest BCUT2D eigenvalue weighted by Gasteiger charge is 2.13. The molecule has 0 radical (unpaired) electrons. The van der Waals surface area contributed by atoms with Crippen LogP contribution in [0.3, 0.4) is 0 Å². The van der Waals surface area contributed by atoms with Crippen LogP contribution in [0.1, 0.15) is 12.8 Å². The zero-order chi connectivity index (χ0) is 13.5. The third-order valence-electron chi connectivity index (χ3n) is 2.98. The number of rotatable bonds is 5. The van der Waals surface area contributed by atoms with E-state index in [0.717, 1.165) is 11.4 Å². The van der Waals surface area contributed by atoms with Crippen molar-refractivity contribution < 1.29 is 9.53 Å². The fraction of sp³-hybridized carbons (Fsp3) is 0.500. The standard InChI is InChI=1S/C14H20N2O2S/c1-18-9-14(17)16-12-6-4-11(5-7-12)15-13-3-2-8-19-10-13/h4-7,13,15H,2-3,8-10H2,1H3,(H,16,17). The van der Waals surface area contributed by atoms with Gasteiger partial charge in [0.25, 0.3) is 0 Å². The van der Waals surface area contributed by atoms with Crippen LogP contribution in [0.25, 0.3) is 0 Å². The fourth-order valence-corrected chi connectivity index (χ4v) is 3.14. The summed E-state index contributed by atoms with van der Waals surface area (Å²) in [5.74, 6) is 2.32. The molecule has 1 aliphatic heterocycles. The molecule has 2 rings (SSSR count). The minimum atomic E-state index is -0.133. The lowest BCUT2D eigenvalue weighted by molar-refractivity contribution is -0.119. The number of amides is 1. The van der Waals surface area contributed by atoms with Gasteiger partial charge in [-0.2, -0.15) is 11.8 Å². The van der Waals surface area contributed by atoms with Crippen LogP contribution in [0.15, 0.2) is 24.3 Å². The van der Waals surface area contributed by atoms with Crippen LogP contribution in [0.2, 0.25) is 0 Å². The summed E-state index contributed by atoms with van der Waals surface area (Å²) in [6.45, 7) is 0.0826. The normalized spacial score (nSPS) is 18.9. The molecule has 0 saturated carbocycles. The summed E-state index contributed by atoms with van der Waals surface area (Å²) in [5.41, 5.74) is 1.91. The number of anilines is 2. The maximum Gasteiger partial charge on any atom is 0.250 e. The van der Waals surface area contributed by atoms with E-state index < -0.39 is 0 Å². The maximum absolute atomic E-state index is 11.4. The van der Waals surface area contributed by atoms with Crippen molar-refractivity contribution >= 4 is 29.0 Å². The van der Waals surface area contributed by atoms with Crippen LogP contribution in [-0.2, 0) is 9.53 Å². The zero-order valence-electron chi connectivity index (χ0n) is 11.1. The van der Waals surface area contributed by atoms with Gasteiger partial charge in [0.05, 0.1) is 0 Å². The summed E-state index contributed by atoms with van der Waals surface area (Å²) in [5, 5.41) is 6.31. The quantitative estimate of drug-likeness (QED) is 0.870. The lowest BCUT2D eigenvalue weighted by Gasteiger charge is -2.23. The summed E-state index contributed by atoms with van der Waals surface area (Å²) >= 11 is 2.01. The molecule has 1 heterocycles. The third kappa shape index (κ3) is 4.76. The van der Waals surface area contributed by atoms with Crippen molar-refractivity contribution in [3.05, 3.63) is 24.3 Å². The Balaban J connectivity index is 1.85. The van der Waals surface area contributed by atoms with Crippen molar-refractivity contribution in [3.8, 4) is 0 Å². The second-order valence-electron chi connectivity index (χ2n) is 4.62. The van der Waals surface area contributed by atoms with E-state index in [1.165, 1.54) is 31.5 Å². The predicted molar refractivity (Wildman–Crippen MR) is 80.9 cm³/mol. The summed E-state index contributed by atoms with van der Waals surface area (Å²) in [6.07, 6.45) is 2.52. The van der Waals surface area contributed by atoms with Crippen LogP contribution >= 0.6 is 11.8 Å². The third-order valence-corrected chi connectivity index (χ3v) is 4.19. The van der Waals surface area contributed by atoms with E-state index in [1.807, 2.05) is 36.0 Å². The first-order valence-electron chi connectivity index (χ1n) is 6.51. The largest absolute Gasteiger partial charge is 0.381 e. The van der Waals surface area contributed by atoms with E-state index in [-0.39, 0.29) is 12.5 Å². The average molecular weight is 280 g/mol. The molecule has 1 atom stereocenters. The van der Waals surface area contributed by atoms with E-state index in [4.69, 9.17) is 4.74 Å². The van der Waals surface area contributed by atoms with E-state index in [0.29, 0.717) is 6.04 Å². The number of hydrogen-bond donors (Lipinski definition) is 2. The smallest absolute Gasteiger partial charge is 0.250 e. The molecular weight excluding hydrogens is 260 g/mol. The second kappa shape index (κ2) is 7.40. The van der Waals surface area contributed by atoms with Crippen LogP contribution in [0.5, 0.6) is 0 Å². The first-order chi connectivity index (χ1) is 9.28. The number of methoxy groups -OCH3 is 1. The van der Waals surface area contributed by atoms with Crippen LogP contribution in [0, 0.1) is 0 Å². The van der Waals surface area contributed by atoms with Crippen LogP contribution in [0.4, 0.5) is 11.4 Å². The van der Waals surface area contributed by atoms with Crippen molar-refractivity contribution in [1.82, 2.24) is 0 Å². The molecule has 4 nitrogen and oxygen atoms in total. The molecule has 1 unspecified atom stereocenters. The topological polar surface area (TPSA) is 50.4 Å². The van der Waals surface area contributed by atoms with Crippen molar-refractivity contribution in [2.45, 2.75) is 18.9 Å². The number of ether oxygens (including phenoxy) is 1. The zero-order valence-corrected chi connectivity index (χ0v) is 12.0. The molecule has 1 saturated heterocycles. The van der Waals surface area contributed by atoms with Gasteiger partial charge < -0.3 is 15.4 Å². The van der Waals surface area contributed by atoms with Crippen molar-refractivity contribution in [3.63, 3.8) is 0 Å². The Bertz CT molecular complexity index is 402. The molecular formula is C14H20N2O2S. The highest BCUT2D eigenvalue weighted by Crippen LogP contribution is 2.21. The molecule has 0 bridgehead atoms. The molecule has 1 aromatic carbocycles. The Morgan fingerprint density at radius 3 is 2.74 bits per heavy atom. The Labute approximate surface area is 118 Å². The summed E-state index contributed by atoms with van der Waals surface area (Å²) in [4.78, 5) is 11.4. The van der Waals surface area contributed by atoms with E-state index in [1.54, 1.807) is 0 Å². The van der Waals surface area contributed by atoms with E-state index in [2.05, 4.69) is 10.6 Å². The van der Waals surface area contributed by atoms with Gasteiger partial charge in [0.15, 0.2) is 0 Å². The molecule has 19 heavy (non-hydrogen) atoms. The molecule has 1 fully saturated rings. The number of carbonyl (C=O) groups is 1. The molecule has 5 heteroatoms. The van der Waals surface area contributed by atoms with Gasteiger partial charge in [0.1, 0.15) is 6.61 Å². The van der Waals surface area contributed by atoms with Crippen molar-refractivity contribution in [2.75, 3.05) is 35.9 Å². The summed E-state index contributed by atoms with van der Waals surface area (Å²) in [7, 11) is 1.51. The summed E-state index contributed by atoms with van der Waals surface area (Å²) < 4.78 is 4.77. The van der Waals surface area contributed by atoms with E-state index >= 15 is 0 Å². The highest BCUT2D eigenvalue weighted by molar-refractivity contribution is 7.99. The Morgan fingerprint density at radius 2 is 2.11 bits per heavy atom. The number of nitrogens with one attached hydrogen (secondary N) is 2. The predicted octanol–water partition coefficient (Wildman–Crippen LogP) is 2.58. The fourth-order valence-electron chi connectivity index (χ4n) is 2.07. The molecule has 0 spiro atoms. The summed E-state index contributed by atoms with van der Waals surface area (Å²) in [6, 6.07) is 8.38. The maximum atomic E-state index is 11.4. The van der Waals surface area contributed by atoms with E-state index in [9.17, 15) is 4.79 Å². The van der Waals surface area contributed by atoms with Gasteiger partial charge in [-0.3, -0.25) is 4.79 Å². The number of hydrogen-bond acceptors (Lipinski definition) is 4. The van der Waals surface area contributed by atoms with Crippen LogP contribution < -0.4 is 10.6 Å². The molecule has 1 aromatic rings. The first kappa shape index (κ1) is 14.2. The van der Waals surface area contributed by atoms with Gasteiger partial charge in [-0.1, -0.05) is 0 Å². The number of benzene rings is 1. The molecule has 0 aromatic heterocycles. The Morgan fingerprint density at radius 1 is 1.37 bits per heavy atom. The van der Waals surface area contributed by atoms with Gasteiger partial charge >= 0.3 is 0 Å². The Kier molecular flexibility index (Phi) is 5.54. The van der Waals surface area contributed by atoms with Gasteiger partial charge in [0.2, 0.25) is 5.91 Å². The van der Waals surface area contributed by atoms with Crippen LogP contribution in [-0.4, -0.2) is 37.2 Å². The SMILES string of the molecule is COCC(=O)Nc1ccc(NC2CCCSC2)cc1. The molecule has 1 amide bonds. The van der Waals surface area contributed by atoms with Crippen molar-refractivity contribution in [1.29, 1.82) is 0 Å². The average Bonchev–Trinajstić information content (AvgIpc) is 2.42. The minimum absolute atomic E-state index is 0.0826. The first-order valence-corrected chi connectivity index (χ1v) is 7.66. The van der Waals surface area contributed by atoms with Gasteiger partial charge in [-0.05, 0) is 42.9 Å². The van der Waals surface area contributed by atoms with Gasteiger partial charge in [0, 0.05) is 30.3 Å². The van der Waals surface area contributed by atoms with Gasteiger partial charge in [-0.15, -0.1) is 0 Å². The lowest BCUT2D eigenvalue weighted by Crippen LogP contribution is -2.25. The number of thioether (sulfide) groups is 1. The Hall–Kier alpha value is -1.20. The highest BCUT2D eigenvalue weighted by atomic mass is 32.2. The van der Waals surface area contributed by atoms with Gasteiger partial charge in [-0.25, -0.2) is 0 Å². The molecule has 2 N–H and O–H groups in total. The van der Waals surface area contributed by atoms with Crippen molar-refractivity contribution in [2.24, 2.45) is 0 Å². The lowest BCUT2D eigenvalue weighted by atomic mass is 10.1. The minimum Gasteiger partial charge on any atom is -0.381 e.